The Bertz CT molecular complexity index is 508. The molecule has 0 fully saturated rings. The number of benzene rings is 1. The SMILES string of the molecule is NC(=O)CC(N)c1ccccc1-c1ccsc1. The van der Waals surface area contributed by atoms with Gasteiger partial charge in [0, 0.05) is 12.5 Å². The summed E-state index contributed by atoms with van der Waals surface area (Å²) in [5.41, 5.74) is 14.4. The van der Waals surface area contributed by atoms with Crippen LogP contribution in [0.1, 0.15) is 18.0 Å². The van der Waals surface area contributed by atoms with E-state index in [0.717, 1.165) is 16.7 Å². The zero-order valence-electron chi connectivity index (χ0n) is 9.30. The minimum atomic E-state index is -0.377. The molecule has 1 unspecified atom stereocenters. The highest BCUT2D eigenvalue weighted by Crippen LogP contribution is 2.29. The summed E-state index contributed by atoms with van der Waals surface area (Å²) in [7, 11) is 0. The Morgan fingerprint density at radius 3 is 2.71 bits per heavy atom. The highest BCUT2D eigenvalue weighted by molar-refractivity contribution is 7.08. The van der Waals surface area contributed by atoms with Crippen molar-refractivity contribution in [3.05, 3.63) is 46.7 Å². The van der Waals surface area contributed by atoms with Gasteiger partial charge in [-0.2, -0.15) is 11.3 Å². The summed E-state index contributed by atoms with van der Waals surface area (Å²) < 4.78 is 0. The number of carbonyl (C=O) groups excluding carboxylic acids is 1. The second-order valence-corrected chi connectivity index (χ2v) is 4.66. The van der Waals surface area contributed by atoms with Crippen LogP contribution in [0, 0.1) is 0 Å². The van der Waals surface area contributed by atoms with Crippen molar-refractivity contribution >= 4 is 17.2 Å². The van der Waals surface area contributed by atoms with E-state index >= 15 is 0 Å². The van der Waals surface area contributed by atoms with Gasteiger partial charge in [0.05, 0.1) is 0 Å². The first-order valence-corrected chi connectivity index (χ1v) is 6.28. The number of amides is 1. The fourth-order valence-electron chi connectivity index (χ4n) is 1.83. The second-order valence-electron chi connectivity index (χ2n) is 3.88. The van der Waals surface area contributed by atoms with E-state index < -0.39 is 0 Å². The highest BCUT2D eigenvalue weighted by Gasteiger charge is 2.14. The molecule has 2 aromatic rings. The Morgan fingerprint density at radius 2 is 2.06 bits per heavy atom. The molecule has 0 aliphatic carbocycles. The first kappa shape index (κ1) is 11.8. The molecule has 1 amide bonds. The molecule has 0 radical (unpaired) electrons. The average molecular weight is 246 g/mol. The van der Waals surface area contributed by atoms with Crippen molar-refractivity contribution in [2.45, 2.75) is 12.5 Å². The maximum absolute atomic E-state index is 10.9. The molecular weight excluding hydrogens is 232 g/mol. The molecule has 0 bridgehead atoms. The predicted molar refractivity (Wildman–Crippen MR) is 70.5 cm³/mol. The normalized spacial score (nSPS) is 12.3. The van der Waals surface area contributed by atoms with E-state index in [1.54, 1.807) is 11.3 Å². The van der Waals surface area contributed by atoms with Gasteiger partial charge in [0.1, 0.15) is 0 Å². The summed E-state index contributed by atoms with van der Waals surface area (Å²) in [6.07, 6.45) is 0.168. The topological polar surface area (TPSA) is 69.1 Å². The van der Waals surface area contributed by atoms with E-state index in [9.17, 15) is 4.79 Å². The molecule has 0 aliphatic heterocycles. The third-order valence-electron chi connectivity index (χ3n) is 2.61. The standard InChI is InChI=1S/C13H14N2OS/c14-12(7-13(15)16)11-4-2-1-3-10(11)9-5-6-17-8-9/h1-6,8,12H,7,14H2,(H2,15,16). The molecule has 1 atom stereocenters. The molecule has 1 aromatic heterocycles. The van der Waals surface area contributed by atoms with Crippen molar-refractivity contribution in [3.8, 4) is 11.1 Å². The van der Waals surface area contributed by atoms with Crippen LogP contribution in [0.2, 0.25) is 0 Å². The van der Waals surface area contributed by atoms with Gasteiger partial charge in [-0.25, -0.2) is 0 Å². The first-order valence-electron chi connectivity index (χ1n) is 5.34. The zero-order chi connectivity index (χ0) is 12.3. The van der Waals surface area contributed by atoms with E-state index in [1.165, 1.54) is 0 Å². The molecule has 0 aliphatic rings. The van der Waals surface area contributed by atoms with Crippen molar-refractivity contribution in [3.63, 3.8) is 0 Å². The van der Waals surface area contributed by atoms with Gasteiger partial charge in [0.15, 0.2) is 0 Å². The fraction of sp³-hybridized carbons (Fsp3) is 0.154. The van der Waals surface area contributed by atoms with Crippen LogP contribution in [0.25, 0.3) is 11.1 Å². The molecule has 4 heteroatoms. The average Bonchev–Trinajstić information content (AvgIpc) is 2.81. The van der Waals surface area contributed by atoms with E-state index in [2.05, 4.69) is 5.38 Å². The molecule has 0 saturated heterocycles. The number of carbonyl (C=O) groups is 1. The van der Waals surface area contributed by atoms with Crippen molar-refractivity contribution in [2.24, 2.45) is 11.5 Å². The van der Waals surface area contributed by atoms with Crippen LogP contribution in [-0.4, -0.2) is 5.91 Å². The molecular formula is C13H14N2OS. The summed E-state index contributed by atoms with van der Waals surface area (Å²) in [6, 6.07) is 9.54. The van der Waals surface area contributed by atoms with Crippen molar-refractivity contribution in [1.29, 1.82) is 0 Å². The molecule has 4 N–H and O–H groups in total. The number of thiophene rings is 1. The predicted octanol–water partition coefficient (Wildman–Crippen LogP) is 2.29. The van der Waals surface area contributed by atoms with E-state index in [0.29, 0.717) is 0 Å². The number of primary amides is 1. The monoisotopic (exact) mass is 246 g/mol. The Balaban J connectivity index is 2.37. The molecule has 88 valence electrons. The zero-order valence-corrected chi connectivity index (χ0v) is 10.1. The van der Waals surface area contributed by atoms with E-state index in [-0.39, 0.29) is 18.4 Å². The van der Waals surface area contributed by atoms with Gasteiger partial charge in [-0.05, 0) is 33.5 Å². The van der Waals surface area contributed by atoms with Gasteiger partial charge in [-0.1, -0.05) is 24.3 Å². The lowest BCUT2D eigenvalue weighted by Gasteiger charge is -2.14. The Hall–Kier alpha value is -1.65. The number of hydrogen-bond acceptors (Lipinski definition) is 3. The van der Waals surface area contributed by atoms with Crippen molar-refractivity contribution in [2.75, 3.05) is 0 Å². The number of hydrogen-bond donors (Lipinski definition) is 2. The van der Waals surface area contributed by atoms with E-state index in [4.69, 9.17) is 11.5 Å². The van der Waals surface area contributed by atoms with Crippen LogP contribution in [0.3, 0.4) is 0 Å². The minimum Gasteiger partial charge on any atom is -0.370 e. The minimum absolute atomic E-state index is 0.168. The third-order valence-corrected chi connectivity index (χ3v) is 3.30. The summed E-state index contributed by atoms with van der Waals surface area (Å²) in [5.74, 6) is -0.377. The molecule has 1 aromatic carbocycles. The van der Waals surface area contributed by atoms with Crippen LogP contribution in [-0.2, 0) is 4.79 Å². The molecule has 2 rings (SSSR count). The lowest BCUT2D eigenvalue weighted by Crippen LogP contribution is -2.21. The van der Waals surface area contributed by atoms with Crippen LogP contribution in [0.15, 0.2) is 41.1 Å². The van der Waals surface area contributed by atoms with Crippen molar-refractivity contribution in [1.82, 2.24) is 0 Å². The smallest absolute Gasteiger partial charge is 0.219 e. The van der Waals surface area contributed by atoms with Gasteiger partial charge in [0.25, 0.3) is 0 Å². The molecule has 0 spiro atoms. The second kappa shape index (κ2) is 5.12. The first-order chi connectivity index (χ1) is 8.18. The molecule has 0 saturated carbocycles. The maximum Gasteiger partial charge on any atom is 0.219 e. The summed E-state index contributed by atoms with van der Waals surface area (Å²) in [6.45, 7) is 0. The Morgan fingerprint density at radius 1 is 1.29 bits per heavy atom. The molecule has 17 heavy (non-hydrogen) atoms. The van der Waals surface area contributed by atoms with Crippen molar-refractivity contribution < 1.29 is 4.79 Å². The quantitative estimate of drug-likeness (QED) is 0.869. The van der Waals surface area contributed by atoms with Crippen LogP contribution < -0.4 is 11.5 Å². The summed E-state index contributed by atoms with van der Waals surface area (Å²) in [4.78, 5) is 10.9. The molecule has 1 heterocycles. The molecule has 3 nitrogen and oxygen atoms in total. The summed E-state index contributed by atoms with van der Waals surface area (Å²) in [5, 5.41) is 4.08. The van der Waals surface area contributed by atoms with E-state index in [1.807, 2.05) is 35.7 Å². The van der Waals surface area contributed by atoms with Gasteiger partial charge in [0.2, 0.25) is 5.91 Å². The van der Waals surface area contributed by atoms with Gasteiger partial charge in [-0.3, -0.25) is 4.79 Å². The summed E-state index contributed by atoms with van der Waals surface area (Å²) >= 11 is 1.64. The van der Waals surface area contributed by atoms with Gasteiger partial charge in [-0.15, -0.1) is 0 Å². The largest absolute Gasteiger partial charge is 0.370 e. The Kier molecular flexibility index (Phi) is 3.56. The number of nitrogens with two attached hydrogens (primary N) is 2. The third kappa shape index (κ3) is 2.72. The lowest BCUT2D eigenvalue weighted by molar-refractivity contribution is -0.118. The van der Waals surface area contributed by atoms with Crippen LogP contribution in [0.5, 0.6) is 0 Å². The maximum atomic E-state index is 10.9. The van der Waals surface area contributed by atoms with Crippen LogP contribution in [0.4, 0.5) is 0 Å². The number of rotatable bonds is 4. The fourth-order valence-corrected chi connectivity index (χ4v) is 2.48. The Labute approximate surface area is 104 Å². The highest BCUT2D eigenvalue weighted by atomic mass is 32.1. The van der Waals surface area contributed by atoms with Gasteiger partial charge >= 0.3 is 0 Å². The lowest BCUT2D eigenvalue weighted by atomic mass is 9.95. The van der Waals surface area contributed by atoms with Crippen LogP contribution >= 0.6 is 11.3 Å². The van der Waals surface area contributed by atoms with Gasteiger partial charge < -0.3 is 11.5 Å².